The van der Waals surface area contributed by atoms with Gasteiger partial charge in [-0.25, -0.2) is 15.0 Å². The molecular formula is C22H27N5O3S. The Bertz CT molecular complexity index is 1130. The molecular weight excluding hydrogens is 414 g/mol. The summed E-state index contributed by atoms with van der Waals surface area (Å²) in [6.45, 7) is 8.85. The molecule has 3 aromatic rings. The lowest BCUT2D eigenvalue weighted by molar-refractivity contribution is -0.113. The number of nitrogens with one attached hydrogen (secondary N) is 1. The fourth-order valence-corrected chi connectivity index (χ4v) is 3.86. The van der Waals surface area contributed by atoms with E-state index in [0.717, 1.165) is 16.8 Å². The molecule has 31 heavy (non-hydrogen) atoms. The summed E-state index contributed by atoms with van der Waals surface area (Å²) < 4.78 is 7.13. The molecule has 0 radical (unpaired) electrons. The molecule has 0 aliphatic rings. The van der Waals surface area contributed by atoms with Crippen molar-refractivity contribution in [2.75, 3.05) is 17.7 Å². The third-order valence-corrected chi connectivity index (χ3v) is 5.50. The van der Waals surface area contributed by atoms with Gasteiger partial charge in [0, 0.05) is 31.2 Å². The van der Waals surface area contributed by atoms with Crippen LogP contribution < -0.4 is 10.9 Å². The molecule has 8 nitrogen and oxygen atoms in total. The first kappa shape index (κ1) is 22.9. The van der Waals surface area contributed by atoms with Gasteiger partial charge in [-0.15, -0.1) is 0 Å². The smallest absolute Gasteiger partial charge is 0.282 e. The van der Waals surface area contributed by atoms with Crippen LogP contribution in [-0.4, -0.2) is 43.9 Å². The first-order valence-corrected chi connectivity index (χ1v) is 11.2. The lowest BCUT2D eigenvalue weighted by Crippen LogP contribution is -2.26. The zero-order chi connectivity index (χ0) is 22.4. The monoisotopic (exact) mass is 441 g/mol. The van der Waals surface area contributed by atoms with Crippen molar-refractivity contribution < 1.29 is 9.53 Å². The fraction of sp³-hybridized carbons (Fsp3) is 0.409. The standard InChI is InChI=1S/C22H27N5O3S/c1-14(2)30-11-5-10-27-21(29)19-20(24-9-8-23-19)26-22(27)31-13-18(28)25-17-7-6-15(3)12-16(17)4/h6-9,12,14H,5,10-11,13H2,1-4H3,(H,25,28). The van der Waals surface area contributed by atoms with Crippen LogP contribution in [0.15, 0.2) is 40.5 Å². The van der Waals surface area contributed by atoms with E-state index in [1.165, 1.54) is 24.2 Å². The number of carbonyl (C=O) groups is 1. The van der Waals surface area contributed by atoms with Crippen molar-refractivity contribution in [1.82, 2.24) is 19.5 Å². The van der Waals surface area contributed by atoms with Gasteiger partial charge in [-0.05, 0) is 45.7 Å². The van der Waals surface area contributed by atoms with Gasteiger partial charge in [0.15, 0.2) is 16.3 Å². The Labute approximate surface area is 185 Å². The molecule has 1 amide bonds. The Morgan fingerprint density at radius 3 is 2.74 bits per heavy atom. The zero-order valence-corrected chi connectivity index (χ0v) is 19.0. The second kappa shape index (κ2) is 10.5. The summed E-state index contributed by atoms with van der Waals surface area (Å²) in [5.41, 5.74) is 3.14. The molecule has 1 aromatic carbocycles. The third kappa shape index (κ3) is 6.11. The van der Waals surface area contributed by atoms with Crippen molar-refractivity contribution in [2.45, 2.75) is 51.9 Å². The number of amides is 1. The molecule has 164 valence electrons. The molecule has 0 saturated heterocycles. The number of aromatic nitrogens is 4. The number of benzene rings is 1. The van der Waals surface area contributed by atoms with Gasteiger partial charge in [-0.1, -0.05) is 29.5 Å². The largest absolute Gasteiger partial charge is 0.379 e. The van der Waals surface area contributed by atoms with Crippen LogP contribution in [0.2, 0.25) is 0 Å². The highest BCUT2D eigenvalue weighted by Crippen LogP contribution is 2.19. The van der Waals surface area contributed by atoms with Crippen LogP contribution in [-0.2, 0) is 16.1 Å². The van der Waals surface area contributed by atoms with E-state index >= 15 is 0 Å². The number of ether oxygens (including phenoxy) is 1. The van der Waals surface area contributed by atoms with Crippen LogP contribution in [0, 0.1) is 13.8 Å². The Hall–Kier alpha value is -2.78. The molecule has 2 heterocycles. The maximum atomic E-state index is 13.0. The van der Waals surface area contributed by atoms with Crippen LogP contribution in [0.25, 0.3) is 11.2 Å². The summed E-state index contributed by atoms with van der Waals surface area (Å²) in [6.07, 6.45) is 3.74. The van der Waals surface area contributed by atoms with E-state index in [-0.39, 0.29) is 34.5 Å². The lowest BCUT2D eigenvalue weighted by atomic mass is 10.1. The van der Waals surface area contributed by atoms with Crippen LogP contribution in [0.3, 0.4) is 0 Å². The summed E-state index contributed by atoms with van der Waals surface area (Å²) in [5.74, 6) is -0.0475. The summed E-state index contributed by atoms with van der Waals surface area (Å²) in [4.78, 5) is 38.2. The number of carbonyl (C=O) groups excluding carboxylic acids is 1. The van der Waals surface area contributed by atoms with Crippen molar-refractivity contribution in [3.05, 3.63) is 52.1 Å². The summed E-state index contributed by atoms with van der Waals surface area (Å²) >= 11 is 1.21. The first-order valence-electron chi connectivity index (χ1n) is 10.2. The molecule has 0 unspecified atom stereocenters. The Morgan fingerprint density at radius 2 is 2.00 bits per heavy atom. The maximum Gasteiger partial charge on any atom is 0.282 e. The molecule has 0 spiro atoms. The van der Waals surface area contributed by atoms with Gasteiger partial charge >= 0.3 is 0 Å². The highest BCUT2D eigenvalue weighted by molar-refractivity contribution is 7.99. The van der Waals surface area contributed by atoms with Crippen molar-refractivity contribution in [3.63, 3.8) is 0 Å². The minimum atomic E-state index is -0.264. The molecule has 9 heteroatoms. The number of thioether (sulfide) groups is 1. The number of rotatable bonds is 9. The number of nitrogens with zero attached hydrogens (tertiary/aromatic N) is 4. The molecule has 0 bridgehead atoms. The highest BCUT2D eigenvalue weighted by atomic mass is 32.2. The van der Waals surface area contributed by atoms with Crippen LogP contribution in [0.5, 0.6) is 0 Å². The normalized spacial score (nSPS) is 11.3. The average Bonchev–Trinajstić information content (AvgIpc) is 2.73. The molecule has 2 aromatic heterocycles. The van der Waals surface area contributed by atoms with Crippen LogP contribution in [0.4, 0.5) is 5.69 Å². The van der Waals surface area contributed by atoms with Gasteiger partial charge in [0.25, 0.3) is 5.56 Å². The second-order valence-corrected chi connectivity index (χ2v) is 8.45. The minimum Gasteiger partial charge on any atom is -0.379 e. The fourth-order valence-electron chi connectivity index (χ4n) is 3.05. The van der Waals surface area contributed by atoms with Crippen LogP contribution >= 0.6 is 11.8 Å². The van der Waals surface area contributed by atoms with Crippen LogP contribution in [0.1, 0.15) is 31.4 Å². The molecule has 0 fully saturated rings. The predicted octanol–water partition coefficient (Wildman–Crippen LogP) is 3.35. The first-order chi connectivity index (χ1) is 14.8. The van der Waals surface area contributed by atoms with Crippen molar-refractivity contribution in [2.24, 2.45) is 0 Å². The average molecular weight is 442 g/mol. The number of fused-ring (bicyclic) bond motifs is 1. The Balaban J connectivity index is 1.76. The van der Waals surface area contributed by atoms with Crippen molar-refractivity contribution in [3.8, 4) is 0 Å². The van der Waals surface area contributed by atoms with Gasteiger partial charge in [0.1, 0.15) is 0 Å². The quantitative estimate of drug-likeness (QED) is 0.309. The number of hydrogen-bond donors (Lipinski definition) is 1. The lowest BCUT2D eigenvalue weighted by Gasteiger charge is -2.13. The number of anilines is 1. The summed E-state index contributed by atoms with van der Waals surface area (Å²) in [6, 6.07) is 5.86. The third-order valence-electron chi connectivity index (χ3n) is 4.52. The highest BCUT2D eigenvalue weighted by Gasteiger charge is 2.15. The van der Waals surface area contributed by atoms with E-state index < -0.39 is 0 Å². The zero-order valence-electron chi connectivity index (χ0n) is 18.2. The van der Waals surface area contributed by atoms with E-state index in [2.05, 4.69) is 20.3 Å². The van der Waals surface area contributed by atoms with Gasteiger partial charge in [-0.3, -0.25) is 14.2 Å². The Morgan fingerprint density at radius 1 is 1.23 bits per heavy atom. The Kier molecular flexibility index (Phi) is 7.75. The van der Waals surface area contributed by atoms with Gasteiger partial charge in [0.2, 0.25) is 5.91 Å². The molecule has 0 atom stereocenters. The molecule has 0 aliphatic heterocycles. The van der Waals surface area contributed by atoms with E-state index in [9.17, 15) is 9.59 Å². The van der Waals surface area contributed by atoms with Gasteiger partial charge in [-0.2, -0.15) is 0 Å². The minimum absolute atomic E-state index is 0.119. The molecule has 3 rings (SSSR count). The topological polar surface area (TPSA) is 99.0 Å². The van der Waals surface area contributed by atoms with E-state index in [0.29, 0.717) is 24.7 Å². The molecule has 1 N–H and O–H groups in total. The molecule has 0 saturated carbocycles. The van der Waals surface area contributed by atoms with Crippen molar-refractivity contribution >= 4 is 34.5 Å². The SMILES string of the molecule is Cc1ccc(NC(=O)CSc2nc3nccnc3c(=O)n2CCCOC(C)C)c(C)c1. The maximum absolute atomic E-state index is 13.0. The van der Waals surface area contributed by atoms with Gasteiger partial charge in [0.05, 0.1) is 11.9 Å². The van der Waals surface area contributed by atoms with E-state index in [1.807, 2.05) is 45.9 Å². The van der Waals surface area contributed by atoms with E-state index in [1.54, 1.807) is 4.57 Å². The van der Waals surface area contributed by atoms with Gasteiger partial charge < -0.3 is 10.1 Å². The summed E-state index contributed by atoms with van der Waals surface area (Å²) in [5, 5.41) is 3.36. The number of hydrogen-bond acceptors (Lipinski definition) is 7. The summed E-state index contributed by atoms with van der Waals surface area (Å²) in [7, 11) is 0. The predicted molar refractivity (Wildman–Crippen MR) is 123 cm³/mol. The molecule has 0 aliphatic carbocycles. The number of aryl methyl sites for hydroxylation is 2. The second-order valence-electron chi connectivity index (χ2n) is 7.51. The van der Waals surface area contributed by atoms with Crippen molar-refractivity contribution in [1.29, 1.82) is 0 Å². The van der Waals surface area contributed by atoms with E-state index in [4.69, 9.17) is 4.74 Å².